The summed E-state index contributed by atoms with van der Waals surface area (Å²) in [6, 6.07) is 1.57. The normalized spacial score (nSPS) is 17.5. The molecule has 0 aliphatic carbocycles. The molecule has 0 radical (unpaired) electrons. The number of methoxy groups -OCH3 is 1. The Morgan fingerprint density at radius 1 is 1.38 bits per heavy atom. The largest absolute Gasteiger partial charge is 0.464 e. The standard InChI is InChI=1S/C16H21N5O3/c1-9(2)14-19-13(20-24-14)12-6-5-7-21(12)16-17-10(3)8-11(18-16)15(22)23-4/h8-9,12H,5-7H2,1-4H3/t12-/m1/s1. The first-order chi connectivity index (χ1) is 11.5. The number of aromatic nitrogens is 4. The van der Waals surface area contributed by atoms with Crippen LogP contribution in [-0.4, -0.2) is 39.7 Å². The van der Waals surface area contributed by atoms with Crippen LogP contribution in [0, 0.1) is 6.92 Å². The van der Waals surface area contributed by atoms with E-state index in [1.807, 2.05) is 25.7 Å². The van der Waals surface area contributed by atoms with Gasteiger partial charge >= 0.3 is 5.97 Å². The van der Waals surface area contributed by atoms with Crippen LogP contribution in [0.3, 0.4) is 0 Å². The second kappa shape index (κ2) is 6.54. The summed E-state index contributed by atoms with van der Waals surface area (Å²) in [4.78, 5) is 27.1. The van der Waals surface area contributed by atoms with Gasteiger partial charge in [0.05, 0.1) is 13.2 Å². The van der Waals surface area contributed by atoms with Crippen molar-refractivity contribution in [2.75, 3.05) is 18.6 Å². The molecule has 1 aliphatic heterocycles. The van der Waals surface area contributed by atoms with Crippen LogP contribution in [0.15, 0.2) is 10.6 Å². The third-order valence-electron chi connectivity index (χ3n) is 4.00. The zero-order chi connectivity index (χ0) is 17.3. The van der Waals surface area contributed by atoms with E-state index in [2.05, 4.69) is 20.1 Å². The first kappa shape index (κ1) is 16.4. The van der Waals surface area contributed by atoms with Crippen molar-refractivity contribution in [3.8, 4) is 0 Å². The molecule has 0 unspecified atom stereocenters. The van der Waals surface area contributed by atoms with Crippen LogP contribution in [-0.2, 0) is 4.74 Å². The van der Waals surface area contributed by atoms with E-state index in [1.54, 1.807) is 6.07 Å². The highest BCUT2D eigenvalue weighted by Crippen LogP contribution is 2.33. The summed E-state index contributed by atoms with van der Waals surface area (Å²) in [7, 11) is 1.34. The molecule has 8 heteroatoms. The maximum atomic E-state index is 11.8. The second-order valence-electron chi connectivity index (χ2n) is 6.18. The molecular formula is C16H21N5O3. The predicted octanol–water partition coefficient (Wildman–Crippen LogP) is 2.42. The van der Waals surface area contributed by atoms with Crippen molar-refractivity contribution in [3.05, 3.63) is 29.2 Å². The molecule has 1 fully saturated rings. The molecule has 1 atom stereocenters. The SMILES string of the molecule is COC(=O)c1cc(C)nc(N2CCC[C@@H]2c2noc(C(C)C)n2)n1. The maximum Gasteiger partial charge on any atom is 0.356 e. The van der Waals surface area contributed by atoms with Crippen molar-refractivity contribution >= 4 is 11.9 Å². The molecule has 0 bridgehead atoms. The Bertz CT molecular complexity index is 743. The fourth-order valence-corrected chi connectivity index (χ4v) is 2.78. The van der Waals surface area contributed by atoms with Crippen LogP contribution in [0.25, 0.3) is 0 Å². The molecule has 1 saturated heterocycles. The quantitative estimate of drug-likeness (QED) is 0.788. The van der Waals surface area contributed by atoms with Gasteiger partial charge in [0.2, 0.25) is 11.8 Å². The molecular weight excluding hydrogens is 310 g/mol. The maximum absolute atomic E-state index is 11.8. The molecule has 0 aromatic carbocycles. The Hall–Kier alpha value is -2.51. The third kappa shape index (κ3) is 3.08. The molecule has 0 saturated carbocycles. The molecule has 128 valence electrons. The highest BCUT2D eigenvalue weighted by molar-refractivity contribution is 5.87. The Morgan fingerprint density at radius 2 is 2.17 bits per heavy atom. The van der Waals surface area contributed by atoms with Crippen LogP contribution < -0.4 is 4.90 Å². The highest BCUT2D eigenvalue weighted by Gasteiger charge is 2.32. The van der Waals surface area contributed by atoms with Crippen LogP contribution in [0.5, 0.6) is 0 Å². The van der Waals surface area contributed by atoms with Gasteiger partial charge in [0.15, 0.2) is 11.5 Å². The highest BCUT2D eigenvalue weighted by atomic mass is 16.5. The minimum absolute atomic E-state index is 0.0476. The Morgan fingerprint density at radius 3 is 2.83 bits per heavy atom. The lowest BCUT2D eigenvalue weighted by atomic mass is 10.2. The number of carbonyl (C=O) groups is 1. The van der Waals surface area contributed by atoms with E-state index >= 15 is 0 Å². The average molecular weight is 331 g/mol. The molecule has 3 heterocycles. The van der Waals surface area contributed by atoms with Crippen LogP contribution in [0.1, 0.15) is 66.5 Å². The number of aryl methyl sites for hydroxylation is 1. The molecule has 0 N–H and O–H groups in total. The Balaban J connectivity index is 1.92. The number of nitrogens with zero attached hydrogens (tertiary/aromatic N) is 5. The molecule has 24 heavy (non-hydrogen) atoms. The number of carbonyl (C=O) groups excluding carboxylic acids is 1. The fraction of sp³-hybridized carbons (Fsp3) is 0.562. The van der Waals surface area contributed by atoms with Crippen LogP contribution in [0.4, 0.5) is 5.95 Å². The molecule has 0 amide bonds. The number of esters is 1. The van der Waals surface area contributed by atoms with Gasteiger partial charge in [0.25, 0.3) is 0 Å². The number of rotatable bonds is 4. The monoisotopic (exact) mass is 331 g/mol. The van der Waals surface area contributed by atoms with Gasteiger partial charge in [0.1, 0.15) is 0 Å². The van der Waals surface area contributed by atoms with E-state index in [1.165, 1.54) is 7.11 Å². The van der Waals surface area contributed by atoms with Gasteiger partial charge in [-0.3, -0.25) is 0 Å². The molecule has 8 nitrogen and oxygen atoms in total. The first-order valence-electron chi connectivity index (χ1n) is 8.03. The average Bonchev–Trinajstić information content (AvgIpc) is 3.21. The first-order valence-corrected chi connectivity index (χ1v) is 8.03. The number of hydrogen-bond donors (Lipinski definition) is 0. The molecule has 2 aromatic rings. The lowest BCUT2D eigenvalue weighted by Crippen LogP contribution is -2.26. The summed E-state index contributed by atoms with van der Waals surface area (Å²) >= 11 is 0. The predicted molar refractivity (Wildman–Crippen MR) is 85.8 cm³/mol. The van der Waals surface area contributed by atoms with Gasteiger partial charge < -0.3 is 14.2 Å². The summed E-state index contributed by atoms with van der Waals surface area (Å²) < 4.78 is 10.1. The lowest BCUT2D eigenvalue weighted by Gasteiger charge is -2.22. The number of hydrogen-bond acceptors (Lipinski definition) is 8. The summed E-state index contributed by atoms with van der Waals surface area (Å²) in [6.45, 7) is 6.63. The van der Waals surface area contributed by atoms with Gasteiger partial charge in [0, 0.05) is 18.2 Å². The van der Waals surface area contributed by atoms with Gasteiger partial charge in [-0.05, 0) is 25.8 Å². The van der Waals surface area contributed by atoms with E-state index in [0.717, 1.165) is 19.4 Å². The zero-order valence-electron chi connectivity index (χ0n) is 14.3. The van der Waals surface area contributed by atoms with Crippen molar-refractivity contribution in [1.82, 2.24) is 20.1 Å². The minimum atomic E-state index is -0.473. The van der Waals surface area contributed by atoms with Crippen molar-refractivity contribution < 1.29 is 14.1 Å². The van der Waals surface area contributed by atoms with E-state index in [0.29, 0.717) is 23.4 Å². The molecule has 3 rings (SSSR count). The van der Waals surface area contributed by atoms with E-state index < -0.39 is 5.97 Å². The summed E-state index contributed by atoms with van der Waals surface area (Å²) in [5, 5.41) is 4.12. The van der Waals surface area contributed by atoms with E-state index in [9.17, 15) is 4.79 Å². The van der Waals surface area contributed by atoms with Crippen molar-refractivity contribution in [3.63, 3.8) is 0 Å². The smallest absolute Gasteiger partial charge is 0.356 e. The van der Waals surface area contributed by atoms with Gasteiger partial charge in [-0.1, -0.05) is 19.0 Å². The van der Waals surface area contributed by atoms with Crippen LogP contribution in [0.2, 0.25) is 0 Å². The summed E-state index contributed by atoms with van der Waals surface area (Å²) in [5.41, 5.74) is 0.962. The third-order valence-corrected chi connectivity index (χ3v) is 4.00. The number of anilines is 1. The lowest BCUT2D eigenvalue weighted by molar-refractivity contribution is 0.0593. The topological polar surface area (TPSA) is 94.2 Å². The summed E-state index contributed by atoms with van der Waals surface area (Å²) in [5.74, 6) is 1.47. The molecule has 2 aromatic heterocycles. The zero-order valence-corrected chi connectivity index (χ0v) is 14.3. The van der Waals surface area contributed by atoms with Gasteiger partial charge in [-0.15, -0.1) is 0 Å². The number of ether oxygens (including phenoxy) is 1. The minimum Gasteiger partial charge on any atom is -0.464 e. The van der Waals surface area contributed by atoms with Gasteiger partial charge in [-0.25, -0.2) is 14.8 Å². The van der Waals surface area contributed by atoms with Crippen molar-refractivity contribution in [2.45, 2.75) is 45.6 Å². The second-order valence-corrected chi connectivity index (χ2v) is 6.18. The van der Waals surface area contributed by atoms with Gasteiger partial charge in [-0.2, -0.15) is 4.98 Å². The van der Waals surface area contributed by atoms with Crippen molar-refractivity contribution in [1.29, 1.82) is 0 Å². The Kier molecular flexibility index (Phi) is 4.46. The van der Waals surface area contributed by atoms with Crippen molar-refractivity contribution in [2.24, 2.45) is 0 Å². The Labute approximate surface area is 140 Å². The summed E-state index contributed by atoms with van der Waals surface area (Å²) in [6.07, 6.45) is 1.86. The van der Waals surface area contributed by atoms with E-state index in [4.69, 9.17) is 9.26 Å². The fourth-order valence-electron chi connectivity index (χ4n) is 2.78. The van der Waals surface area contributed by atoms with Crippen LogP contribution >= 0.6 is 0 Å². The molecule has 1 aliphatic rings. The molecule has 0 spiro atoms. The van der Waals surface area contributed by atoms with E-state index in [-0.39, 0.29) is 17.7 Å².